The summed E-state index contributed by atoms with van der Waals surface area (Å²) in [5.74, 6) is 2.78. The maximum atomic E-state index is 12.8. The molecule has 0 saturated heterocycles. The van der Waals surface area contributed by atoms with E-state index in [2.05, 4.69) is 15.6 Å². The fourth-order valence-electron chi connectivity index (χ4n) is 6.65. The van der Waals surface area contributed by atoms with Crippen LogP contribution in [0.4, 0.5) is 17.2 Å². The first-order valence-corrected chi connectivity index (χ1v) is 11.4. The standard InChI is InChI=1S/C25H30N4O2/c26-20-10-22(27-15-21(20)28-23(30)9-16-4-2-1-3-5-16)29-24(31)14-25-11-17-6-18(12-25)8-19(7-17)13-25/h1-5,10,15,17-19H,6-9,11-14H2,(H,28,30)(H3,26,27,29,31). The first-order chi connectivity index (χ1) is 15.0. The smallest absolute Gasteiger partial charge is 0.228 e. The third-order valence-corrected chi connectivity index (χ3v) is 7.39. The maximum absolute atomic E-state index is 12.8. The van der Waals surface area contributed by atoms with Crippen molar-refractivity contribution in [2.45, 2.75) is 51.4 Å². The van der Waals surface area contributed by atoms with E-state index in [1.807, 2.05) is 30.3 Å². The number of nitrogens with two attached hydrogens (primary N) is 1. The van der Waals surface area contributed by atoms with Crippen LogP contribution in [0.3, 0.4) is 0 Å². The largest absolute Gasteiger partial charge is 0.397 e. The van der Waals surface area contributed by atoms with Gasteiger partial charge in [0.25, 0.3) is 0 Å². The van der Waals surface area contributed by atoms with E-state index < -0.39 is 0 Å². The van der Waals surface area contributed by atoms with Crippen molar-refractivity contribution in [3.05, 3.63) is 48.2 Å². The van der Waals surface area contributed by atoms with Crippen molar-refractivity contribution in [1.82, 2.24) is 4.98 Å². The molecule has 0 radical (unpaired) electrons. The van der Waals surface area contributed by atoms with Gasteiger partial charge in [-0.2, -0.15) is 0 Å². The van der Waals surface area contributed by atoms with Crippen molar-refractivity contribution in [1.29, 1.82) is 0 Å². The summed E-state index contributed by atoms with van der Waals surface area (Å²) in [4.78, 5) is 29.4. The number of benzene rings is 1. The van der Waals surface area contributed by atoms with Crippen LogP contribution in [-0.2, 0) is 16.0 Å². The lowest BCUT2D eigenvalue weighted by Gasteiger charge is -2.56. The number of carbonyl (C=O) groups excluding carboxylic acids is 2. The Kier molecular flexibility index (Phi) is 5.16. The Labute approximate surface area is 183 Å². The molecule has 31 heavy (non-hydrogen) atoms. The van der Waals surface area contributed by atoms with E-state index in [-0.39, 0.29) is 23.7 Å². The summed E-state index contributed by atoms with van der Waals surface area (Å²) >= 11 is 0. The summed E-state index contributed by atoms with van der Waals surface area (Å²) in [5, 5.41) is 5.74. The van der Waals surface area contributed by atoms with E-state index in [1.165, 1.54) is 44.7 Å². The van der Waals surface area contributed by atoms with Crippen molar-refractivity contribution in [2.75, 3.05) is 16.4 Å². The number of carbonyl (C=O) groups is 2. The zero-order valence-corrected chi connectivity index (χ0v) is 17.8. The molecule has 1 aromatic heterocycles. The highest BCUT2D eigenvalue weighted by Crippen LogP contribution is 2.61. The summed E-state index contributed by atoms with van der Waals surface area (Å²) in [7, 11) is 0. The van der Waals surface area contributed by atoms with Gasteiger partial charge in [0.15, 0.2) is 0 Å². The Morgan fingerprint density at radius 1 is 0.968 bits per heavy atom. The summed E-state index contributed by atoms with van der Waals surface area (Å²) < 4.78 is 0. The number of pyridine rings is 1. The fraction of sp³-hybridized carbons (Fsp3) is 0.480. The highest BCUT2D eigenvalue weighted by atomic mass is 16.2. The van der Waals surface area contributed by atoms with Crippen LogP contribution >= 0.6 is 0 Å². The monoisotopic (exact) mass is 418 g/mol. The van der Waals surface area contributed by atoms with E-state index in [0.29, 0.717) is 23.6 Å². The number of rotatable bonds is 6. The second kappa shape index (κ2) is 7.98. The molecule has 4 bridgehead atoms. The van der Waals surface area contributed by atoms with Crippen LogP contribution in [-0.4, -0.2) is 16.8 Å². The molecule has 0 spiro atoms. The van der Waals surface area contributed by atoms with Crippen LogP contribution in [0, 0.1) is 23.2 Å². The number of nitrogen functional groups attached to an aromatic ring is 1. The van der Waals surface area contributed by atoms with Crippen molar-refractivity contribution in [3.63, 3.8) is 0 Å². The molecule has 1 heterocycles. The lowest BCUT2D eigenvalue weighted by molar-refractivity contribution is -0.124. The number of nitrogens with zero attached hydrogens (tertiary/aromatic N) is 1. The second-order valence-corrected chi connectivity index (χ2v) is 10.0. The van der Waals surface area contributed by atoms with Crippen molar-refractivity contribution in [2.24, 2.45) is 23.2 Å². The fourth-order valence-corrected chi connectivity index (χ4v) is 6.65. The minimum atomic E-state index is -0.154. The highest BCUT2D eigenvalue weighted by Gasteiger charge is 2.51. The molecule has 0 aliphatic heterocycles. The van der Waals surface area contributed by atoms with Crippen molar-refractivity contribution < 1.29 is 9.59 Å². The molecular weight excluding hydrogens is 388 g/mol. The third kappa shape index (κ3) is 4.43. The van der Waals surface area contributed by atoms with Gasteiger partial charge in [0.05, 0.1) is 24.0 Å². The molecule has 0 atom stereocenters. The molecular formula is C25H30N4O2. The normalized spacial score (nSPS) is 28.3. The Morgan fingerprint density at radius 3 is 2.23 bits per heavy atom. The molecule has 4 saturated carbocycles. The van der Waals surface area contributed by atoms with E-state index in [0.717, 1.165) is 23.3 Å². The van der Waals surface area contributed by atoms with Crippen LogP contribution in [0.15, 0.2) is 42.6 Å². The topological polar surface area (TPSA) is 97.1 Å². The lowest BCUT2D eigenvalue weighted by atomic mass is 9.49. The maximum Gasteiger partial charge on any atom is 0.228 e. The Morgan fingerprint density at radius 2 is 1.61 bits per heavy atom. The van der Waals surface area contributed by atoms with Gasteiger partial charge in [0.2, 0.25) is 11.8 Å². The van der Waals surface area contributed by atoms with Gasteiger partial charge in [-0.05, 0) is 67.3 Å². The van der Waals surface area contributed by atoms with Crippen LogP contribution in [0.1, 0.15) is 50.5 Å². The van der Waals surface area contributed by atoms with Crippen molar-refractivity contribution >= 4 is 29.0 Å². The molecule has 4 aliphatic carbocycles. The average molecular weight is 419 g/mol. The Bertz CT molecular complexity index is 953. The molecule has 6 nitrogen and oxygen atoms in total. The minimum absolute atomic E-state index is 0.0229. The van der Waals surface area contributed by atoms with E-state index in [4.69, 9.17) is 5.73 Å². The van der Waals surface area contributed by atoms with Crippen LogP contribution in [0.5, 0.6) is 0 Å². The number of amides is 2. The molecule has 4 fully saturated rings. The zero-order chi connectivity index (χ0) is 21.4. The van der Waals surface area contributed by atoms with Crippen LogP contribution in [0.25, 0.3) is 0 Å². The Hall–Kier alpha value is -2.89. The molecule has 162 valence electrons. The van der Waals surface area contributed by atoms with Crippen molar-refractivity contribution in [3.8, 4) is 0 Å². The number of hydrogen-bond acceptors (Lipinski definition) is 4. The molecule has 6 heteroatoms. The molecule has 1 aromatic carbocycles. The molecule has 2 amide bonds. The zero-order valence-electron chi connectivity index (χ0n) is 17.8. The third-order valence-electron chi connectivity index (χ3n) is 7.39. The van der Waals surface area contributed by atoms with Gasteiger partial charge in [0, 0.05) is 12.5 Å². The number of nitrogens with one attached hydrogen (secondary N) is 2. The van der Waals surface area contributed by atoms with E-state index >= 15 is 0 Å². The second-order valence-electron chi connectivity index (χ2n) is 10.0. The van der Waals surface area contributed by atoms with Crippen LogP contribution < -0.4 is 16.4 Å². The van der Waals surface area contributed by atoms with Crippen LogP contribution in [0.2, 0.25) is 0 Å². The SMILES string of the molecule is Nc1cc(NC(=O)CC23CC4CC(CC(C4)C2)C3)ncc1NC(=O)Cc1ccccc1. The van der Waals surface area contributed by atoms with Gasteiger partial charge >= 0.3 is 0 Å². The van der Waals surface area contributed by atoms with Gasteiger partial charge in [-0.25, -0.2) is 4.98 Å². The van der Waals surface area contributed by atoms with Gasteiger partial charge in [-0.1, -0.05) is 30.3 Å². The quantitative estimate of drug-likeness (QED) is 0.648. The molecule has 2 aromatic rings. The molecule has 6 rings (SSSR count). The first-order valence-electron chi connectivity index (χ1n) is 11.4. The molecule has 0 unspecified atom stereocenters. The number of hydrogen-bond donors (Lipinski definition) is 3. The number of aromatic nitrogens is 1. The van der Waals surface area contributed by atoms with Gasteiger partial charge < -0.3 is 16.4 Å². The Balaban J connectivity index is 1.18. The summed E-state index contributed by atoms with van der Waals surface area (Å²) in [6.45, 7) is 0. The summed E-state index contributed by atoms with van der Waals surface area (Å²) in [6.07, 6.45) is 10.1. The van der Waals surface area contributed by atoms with E-state index in [1.54, 1.807) is 6.07 Å². The minimum Gasteiger partial charge on any atom is -0.397 e. The molecule has 4 N–H and O–H groups in total. The first kappa shape index (κ1) is 20.0. The van der Waals surface area contributed by atoms with Gasteiger partial charge in [-0.15, -0.1) is 0 Å². The van der Waals surface area contributed by atoms with E-state index in [9.17, 15) is 9.59 Å². The predicted molar refractivity (Wildman–Crippen MR) is 121 cm³/mol. The molecule has 4 aliphatic rings. The van der Waals surface area contributed by atoms with Gasteiger partial charge in [-0.3, -0.25) is 9.59 Å². The highest BCUT2D eigenvalue weighted by molar-refractivity contribution is 5.96. The lowest BCUT2D eigenvalue weighted by Crippen LogP contribution is -2.47. The summed E-state index contributed by atoms with van der Waals surface area (Å²) in [6, 6.07) is 11.2. The van der Waals surface area contributed by atoms with Gasteiger partial charge in [0.1, 0.15) is 5.82 Å². The predicted octanol–water partition coefficient (Wildman–Crippen LogP) is 4.39. The number of anilines is 3. The average Bonchev–Trinajstić information content (AvgIpc) is 2.69. The summed E-state index contributed by atoms with van der Waals surface area (Å²) in [5.41, 5.74) is 8.09.